The molecule has 1 aromatic carbocycles. The van der Waals surface area contributed by atoms with Crippen LogP contribution in [0.4, 0.5) is 0 Å². The minimum Gasteiger partial charge on any atom is -0.507 e. The monoisotopic (exact) mass is 486 g/mol. The summed E-state index contributed by atoms with van der Waals surface area (Å²) in [4.78, 5) is 34.6. The molecule has 4 aromatic heterocycles. The highest BCUT2D eigenvalue weighted by atomic mass is 16.3. The van der Waals surface area contributed by atoms with E-state index in [4.69, 9.17) is 0 Å². The molecule has 5 N–H and O–H groups in total. The van der Waals surface area contributed by atoms with E-state index in [9.17, 15) is 5.11 Å². The van der Waals surface area contributed by atoms with E-state index in [1.165, 1.54) is 0 Å². The van der Waals surface area contributed by atoms with Gasteiger partial charge in [0.1, 0.15) is 29.0 Å². The van der Waals surface area contributed by atoms with Crippen LogP contribution in [0.1, 0.15) is 40.0 Å². The summed E-state index contributed by atoms with van der Waals surface area (Å²) >= 11 is 0. The summed E-state index contributed by atoms with van der Waals surface area (Å²) < 4.78 is 0. The van der Waals surface area contributed by atoms with Crippen LogP contribution in [0.2, 0.25) is 0 Å². The molecule has 186 valence electrons. The fraction of sp³-hybridized carbons (Fsp3) is 0.280. The van der Waals surface area contributed by atoms with Gasteiger partial charge in [0.25, 0.3) is 0 Å². The van der Waals surface area contributed by atoms with E-state index < -0.39 is 0 Å². The van der Waals surface area contributed by atoms with Gasteiger partial charge in [-0.05, 0) is 6.92 Å². The molecule has 0 atom stereocenters. The number of nitrogens with one attached hydrogen (secondary N) is 4. The number of rotatable bonds is 12. The van der Waals surface area contributed by atoms with Gasteiger partial charge in [-0.25, -0.2) is 19.9 Å². The Morgan fingerprint density at radius 2 is 0.917 bits per heavy atom. The number of benzene rings is 1. The molecule has 0 amide bonds. The number of aryl methyl sites for hydroxylation is 1. The highest BCUT2D eigenvalue weighted by molar-refractivity contribution is 5.43. The van der Waals surface area contributed by atoms with Gasteiger partial charge in [0.2, 0.25) is 0 Å². The molecular weight excluding hydrogens is 456 g/mol. The second-order valence-corrected chi connectivity index (χ2v) is 8.87. The van der Waals surface area contributed by atoms with Crippen LogP contribution in [0.5, 0.6) is 5.75 Å². The second-order valence-electron chi connectivity index (χ2n) is 8.87. The maximum atomic E-state index is 11.4. The number of aromatic hydroxyl groups is 1. The number of H-pyrrole nitrogens is 4. The molecule has 5 aromatic rings. The Kier molecular flexibility index (Phi) is 7.20. The number of hydrogen-bond donors (Lipinski definition) is 5. The van der Waals surface area contributed by atoms with E-state index in [-0.39, 0.29) is 0 Å². The van der Waals surface area contributed by atoms with E-state index >= 15 is 0 Å². The number of aromatic amines is 4. The summed E-state index contributed by atoms with van der Waals surface area (Å²) in [6.45, 7) is 5.52. The van der Waals surface area contributed by atoms with Crippen LogP contribution in [-0.4, -0.2) is 54.8 Å². The lowest BCUT2D eigenvalue weighted by molar-refractivity contribution is 0.226. The SMILES string of the molecule is Cc1cc(CN(Cc2ncc[nH]2)Cc2ncc[nH]2)c(O)c(CN(Cc2ncc[nH]2)Cc2ncc[nH]2)c1. The van der Waals surface area contributed by atoms with Gasteiger partial charge < -0.3 is 25.0 Å². The molecule has 5 rings (SSSR count). The zero-order valence-corrected chi connectivity index (χ0v) is 20.1. The zero-order chi connectivity index (χ0) is 24.7. The minimum absolute atomic E-state index is 0.299. The van der Waals surface area contributed by atoms with Gasteiger partial charge in [-0.3, -0.25) is 9.80 Å². The molecular formula is C25H30N10O. The molecule has 0 radical (unpaired) electrons. The molecule has 0 aliphatic carbocycles. The molecule has 0 saturated heterocycles. The average Bonchev–Trinajstić information content (AvgIpc) is 3.66. The van der Waals surface area contributed by atoms with Crippen LogP contribution >= 0.6 is 0 Å². The minimum atomic E-state index is 0.299. The molecule has 0 saturated carbocycles. The smallest absolute Gasteiger partial charge is 0.124 e. The van der Waals surface area contributed by atoms with Crippen molar-refractivity contribution in [2.45, 2.75) is 46.2 Å². The van der Waals surface area contributed by atoms with E-state index in [0.717, 1.165) is 40.0 Å². The Bertz CT molecular complexity index is 1140. The van der Waals surface area contributed by atoms with Crippen LogP contribution in [0.15, 0.2) is 61.7 Å². The van der Waals surface area contributed by atoms with Crippen molar-refractivity contribution in [1.29, 1.82) is 0 Å². The summed E-state index contributed by atoms with van der Waals surface area (Å²) in [5, 5.41) is 11.4. The van der Waals surface area contributed by atoms with Gasteiger partial charge in [-0.1, -0.05) is 17.7 Å². The van der Waals surface area contributed by atoms with Crippen molar-refractivity contribution in [3.63, 3.8) is 0 Å². The Balaban J connectivity index is 1.38. The Labute approximate surface area is 208 Å². The fourth-order valence-electron chi connectivity index (χ4n) is 4.38. The lowest BCUT2D eigenvalue weighted by Crippen LogP contribution is -2.25. The molecule has 36 heavy (non-hydrogen) atoms. The number of nitrogens with zero attached hydrogens (tertiary/aromatic N) is 6. The van der Waals surface area contributed by atoms with Crippen molar-refractivity contribution in [3.05, 3.63) is 102 Å². The molecule has 0 aliphatic rings. The van der Waals surface area contributed by atoms with Crippen molar-refractivity contribution >= 4 is 0 Å². The lowest BCUT2D eigenvalue weighted by Gasteiger charge is -2.24. The topological polar surface area (TPSA) is 141 Å². The van der Waals surface area contributed by atoms with Crippen molar-refractivity contribution in [2.24, 2.45) is 0 Å². The number of imidazole rings is 4. The van der Waals surface area contributed by atoms with E-state index in [2.05, 4.69) is 56.6 Å². The molecule has 11 heteroatoms. The van der Waals surface area contributed by atoms with Gasteiger partial charge in [-0.2, -0.15) is 0 Å². The standard InChI is InChI=1S/C25H30N10O/c1-18-10-19(12-34(14-21-26-2-3-27-21)15-22-28-4-5-29-22)25(36)20(11-18)13-35(16-23-30-6-7-31-23)17-24-32-8-9-33-24/h2-11,36H,12-17H2,1H3,(H,26,27)(H,28,29)(H,30,31)(H,32,33). The van der Waals surface area contributed by atoms with Crippen LogP contribution in [0.25, 0.3) is 0 Å². The fourth-order valence-corrected chi connectivity index (χ4v) is 4.38. The largest absolute Gasteiger partial charge is 0.507 e. The normalized spacial score (nSPS) is 11.6. The third-order valence-electron chi connectivity index (χ3n) is 5.91. The Morgan fingerprint density at radius 1 is 0.583 bits per heavy atom. The van der Waals surface area contributed by atoms with Gasteiger partial charge in [0.15, 0.2) is 0 Å². The van der Waals surface area contributed by atoms with Gasteiger partial charge >= 0.3 is 0 Å². The first kappa shape index (κ1) is 23.5. The number of phenols is 1. The van der Waals surface area contributed by atoms with E-state index in [1.54, 1.807) is 24.8 Å². The quantitative estimate of drug-likeness (QED) is 0.182. The van der Waals surface area contributed by atoms with Gasteiger partial charge in [0.05, 0.1) is 26.2 Å². The maximum absolute atomic E-state index is 11.4. The number of phenolic OH excluding ortho intramolecular Hbond substituents is 1. The Morgan fingerprint density at radius 3 is 1.19 bits per heavy atom. The third-order valence-corrected chi connectivity index (χ3v) is 5.91. The van der Waals surface area contributed by atoms with E-state index in [1.807, 2.05) is 36.9 Å². The van der Waals surface area contributed by atoms with Crippen molar-refractivity contribution in [3.8, 4) is 5.75 Å². The summed E-state index contributed by atoms with van der Waals surface area (Å²) in [6, 6.07) is 4.08. The zero-order valence-electron chi connectivity index (χ0n) is 20.1. The molecule has 11 nitrogen and oxygen atoms in total. The van der Waals surface area contributed by atoms with Crippen LogP contribution in [0.3, 0.4) is 0 Å². The summed E-state index contributed by atoms with van der Waals surface area (Å²) in [5.74, 6) is 3.73. The van der Waals surface area contributed by atoms with Crippen LogP contribution in [0, 0.1) is 6.92 Å². The summed E-state index contributed by atoms with van der Waals surface area (Å²) in [5.41, 5.74) is 2.81. The van der Waals surface area contributed by atoms with Crippen molar-refractivity contribution < 1.29 is 5.11 Å². The highest BCUT2D eigenvalue weighted by Gasteiger charge is 2.18. The summed E-state index contributed by atoms with van der Waals surface area (Å²) in [7, 11) is 0. The average molecular weight is 487 g/mol. The molecule has 0 aliphatic heterocycles. The first-order valence-corrected chi connectivity index (χ1v) is 11.8. The molecule has 0 bridgehead atoms. The first-order valence-electron chi connectivity index (χ1n) is 11.8. The summed E-state index contributed by atoms with van der Waals surface area (Å²) in [6.07, 6.45) is 14.2. The third kappa shape index (κ3) is 6.06. The first-order chi connectivity index (χ1) is 17.6. The lowest BCUT2D eigenvalue weighted by atomic mass is 10.0. The second kappa shape index (κ2) is 11.0. The van der Waals surface area contributed by atoms with Crippen LogP contribution in [-0.2, 0) is 39.3 Å². The van der Waals surface area contributed by atoms with Crippen molar-refractivity contribution in [1.82, 2.24) is 49.7 Å². The molecule has 0 unspecified atom stereocenters. The Hall–Kier alpha value is -4.22. The molecule has 0 fully saturated rings. The van der Waals surface area contributed by atoms with Gasteiger partial charge in [0, 0.05) is 73.8 Å². The predicted octanol–water partition coefficient (Wildman–Crippen LogP) is 3.00. The van der Waals surface area contributed by atoms with E-state index in [0.29, 0.717) is 45.0 Å². The van der Waals surface area contributed by atoms with Gasteiger partial charge in [-0.15, -0.1) is 0 Å². The number of aromatic nitrogens is 8. The maximum Gasteiger partial charge on any atom is 0.124 e. The highest BCUT2D eigenvalue weighted by Crippen LogP contribution is 2.28. The predicted molar refractivity (Wildman–Crippen MR) is 133 cm³/mol. The molecule has 0 spiro atoms. The molecule has 4 heterocycles. The van der Waals surface area contributed by atoms with Crippen LogP contribution < -0.4 is 0 Å². The number of hydrogen-bond acceptors (Lipinski definition) is 7. The van der Waals surface area contributed by atoms with Crippen molar-refractivity contribution in [2.75, 3.05) is 0 Å².